The maximum Gasteiger partial charge on any atom is 0.306 e. The molecule has 0 aromatic carbocycles. The van der Waals surface area contributed by atoms with Crippen molar-refractivity contribution in [1.82, 2.24) is 0 Å². The van der Waals surface area contributed by atoms with Gasteiger partial charge in [0.2, 0.25) is 0 Å². The van der Waals surface area contributed by atoms with Crippen LogP contribution < -0.4 is 0 Å². The summed E-state index contributed by atoms with van der Waals surface area (Å²) < 4.78 is 5.09. The molecule has 62 valence electrons. The Morgan fingerprint density at radius 1 is 1.73 bits per heavy atom. The van der Waals surface area contributed by atoms with Gasteiger partial charge in [-0.2, -0.15) is 0 Å². The van der Waals surface area contributed by atoms with Gasteiger partial charge in [-0.15, -0.1) is 0 Å². The average Bonchev–Trinajstić information content (AvgIpc) is 2.32. The number of cyclic esters (lactones) is 1. The van der Waals surface area contributed by atoms with Gasteiger partial charge in [0.15, 0.2) is 0 Å². The largest absolute Gasteiger partial charge is 0.462 e. The Labute approximate surface area is 67.2 Å². The van der Waals surface area contributed by atoms with Crippen molar-refractivity contribution in [2.45, 2.75) is 32.8 Å². The maximum atomic E-state index is 10.8. The summed E-state index contributed by atoms with van der Waals surface area (Å²) in [5.41, 5.74) is 0. The average molecular weight is 154 g/mol. The molecule has 11 heavy (non-hydrogen) atoms. The van der Waals surface area contributed by atoms with Gasteiger partial charge in [0.25, 0.3) is 0 Å². The van der Waals surface area contributed by atoms with Crippen molar-refractivity contribution in [1.29, 1.82) is 0 Å². The number of carbonyl (C=O) groups is 1. The minimum atomic E-state index is -0.0556. The van der Waals surface area contributed by atoms with Gasteiger partial charge in [-0.25, -0.2) is 0 Å². The van der Waals surface area contributed by atoms with Crippen molar-refractivity contribution in [2.75, 3.05) is 0 Å². The molecule has 1 aliphatic rings. The number of rotatable bonds is 2. The van der Waals surface area contributed by atoms with Crippen molar-refractivity contribution >= 4 is 5.97 Å². The molecule has 0 aromatic heterocycles. The number of hydrogen-bond donors (Lipinski definition) is 0. The number of carbonyl (C=O) groups excluding carboxylic acids is 1. The van der Waals surface area contributed by atoms with Crippen molar-refractivity contribution in [3.8, 4) is 0 Å². The van der Waals surface area contributed by atoms with Crippen LogP contribution in [0.3, 0.4) is 0 Å². The molecular formula is C9H14O2. The molecule has 0 saturated carbocycles. The summed E-state index contributed by atoms with van der Waals surface area (Å²) in [5.74, 6) is 0.262. The second-order valence-electron chi connectivity index (χ2n) is 2.83. The number of ether oxygens (including phenoxy) is 1. The highest BCUT2D eigenvalue weighted by Gasteiger charge is 2.30. The van der Waals surface area contributed by atoms with Gasteiger partial charge in [-0.1, -0.05) is 19.1 Å². The first-order chi connectivity index (χ1) is 5.27. The predicted octanol–water partition coefficient (Wildman–Crippen LogP) is 1.90. The van der Waals surface area contributed by atoms with Crippen molar-refractivity contribution in [2.24, 2.45) is 5.92 Å². The Morgan fingerprint density at radius 2 is 2.45 bits per heavy atom. The molecule has 0 radical (unpaired) electrons. The van der Waals surface area contributed by atoms with Gasteiger partial charge in [-0.05, 0) is 13.3 Å². The fraction of sp³-hybridized carbons (Fsp3) is 0.667. The van der Waals surface area contributed by atoms with Crippen LogP contribution in [0.5, 0.6) is 0 Å². The second kappa shape index (κ2) is 3.56. The molecule has 1 rings (SSSR count). The molecule has 1 aliphatic heterocycles. The standard InChI is InChI=1S/C9H14O2/c1-3-5-7-6-9(10)11-8(7)4-2/h3,5,7-8H,4,6H2,1-2H3/b5-3+. The number of allylic oxidation sites excluding steroid dienone is 1. The Morgan fingerprint density at radius 3 is 3.00 bits per heavy atom. The third kappa shape index (κ3) is 1.82. The van der Waals surface area contributed by atoms with E-state index < -0.39 is 0 Å². The van der Waals surface area contributed by atoms with E-state index in [-0.39, 0.29) is 12.1 Å². The molecule has 0 amide bonds. The highest BCUT2D eigenvalue weighted by atomic mass is 16.5. The van der Waals surface area contributed by atoms with E-state index in [1.165, 1.54) is 0 Å². The van der Waals surface area contributed by atoms with Crippen LogP contribution in [-0.2, 0) is 9.53 Å². The van der Waals surface area contributed by atoms with E-state index in [0.717, 1.165) is 6.42 Å². The first-order valence-electron chi connectivity index (χ1n) is 4.10. The van der Waals surface area contributed by atoms with E-state index >= 15 is 0 Å². The molecule has 0 aliphatic carbocycles. The zero-order valence-electron chi connectivity index (χ0n) is 7.04. The summed E-state index contributed by atoms with van der Waals surface area (Å²) in [4.78, 5) is 10.8. The highest BCUT2D eigenvalue weighted by Crippen LogP contribution is 2.25. The highest BCUT2D eigenvalue weighted by molar-refractivity contribution is 5.72. The minimum absolute atomic E-state index is 0.0556. The molecule has 0 aromatic rings. The van der Waals surface area contributed by atoms with Crippen LogP contribution in [0.4, 0.5) is 0 Å². The molecule has 2 unspecified atom stereocenters. The third-order valence-corrected chi connectivity index (χ3v) is 2.00. The minimum Gasteiger partial charge on any atom is -0.462 e. The molecule has 2 nitrogen and oxygen atoms in total. The van der Waals surface area contributed by atoms with E-state index in [1.807, 2.05) is 19.9 Å². The normalized spacial score (nSPS) is 31.3. The Kier molecular flexibility index (Phi) is 2.69. The quantitative estimate of drug-likeness (QED) is 0.448. The van der Waals surface area contributed by atoms with Gasteiger partial charge in [0, 0.05) is 5.92 Å². The van der Waals surface area contributed by atoms with Crippen LogP contribution in [0.15, 0.2) is 12.2 Å². The van der Waals surface area contributed by atoms with Gasteiger partial charge < -0.3 is 4.74 Å². The predicted molar refractivity (Wildman–Crippen MR) is 43.1 cm³/mol. The lowest BCUT2D eigenvalue weighted by Gasteiger charge is -2.10. The lowest BCUT2D eigenvalue weighted by atomic mass is 9.99. The Bertz CT molecular complexity index is 172. The molecule has 0 N–H and O–H groups in total. The summed E-state index contributed by atoms with van der Waals surface area (Å²) in [5, 5.41) is 0. The molecule has 0 bridgehead atoms. The van der Waals surface area contributed by atoms with E-state index in [9.17, 15) is 4.79 Å². The van der Waals surface area contributed by atoms with Gasteiger partial charge in [-0.3, -0.25) is 4.79 Å². The number of esters is 1. The monoisotopic (exact) mass is 154 g/mol. The summed E-state index contributed by atoms with van der Waals surface area (Å²) in [6.07, 6.45) is 5.64. The van der Waals surface area contributed by atoms with Crippen LogP contribution in [-0.4, -0.2) is 12.1 Å². The zero-order chi connectivity index (χ0) is 8.27. The van der Waals surface area contributed by atoms with Crippen LogP contribution in [0.25, 0.3) is 0 Å². The summed E-state index contributed by atoms with van der Waals surface area (Å²) in [6, 6.07) is 0. The molecule has 0 spiro atoms. The molecule has 2 atom stereocenters. The fourth-order valence-corrected chi connectivity index (χ4v) is 1.45. The van der Waals surface area contributed by atoms with Crippen LogP contribution in [0.2, 0.25) is 0 Å². The van der Waals surface area contributed by atoms with E-state index in [0.29, 0.717) is 12.3 Å². The van der Waals surface area contributed by atoms with E-state index in [1.54, 1.807) is 0 Å². The van der Waals surface area contributed by atoms with Crippen molar-refractivity contribution in [3.05, 3.63) is 12.2 Å². The maximum absolute atomic E-state index is 10.8. The van der Waals surface area contributed by atoms with E-state index in [2.05, 4.69) is 6.08 Å². The summed E-state index contributed by atoms with van der Waals surface area (Å²) in [6.45, 7) is 4.01. The number of hydrogen-bond acceptors (Lipinski definition) is 2. The molecular weight excluding hydrogens is 140 g/mol. The second-order valence-corrected chi connectivity index (χ2v) is 2.83. The Balaban J connectivity index is 2.57. The molecule has 2 heteroatoms. The van der Waals surface area contributed by atoms with Gasteiger partial charge >= 0.3 is 5.97 Å². The fourth-order valence-electron chi connectivity index (χ4n) is 1.45. The van der Waals surface area contributed by atoms with Crippen molar-refractivity contribution < 1.29 is 9.53 Å². The van der Waals surface area contributed by atoms with E-state index in [4.69, 9.17) is 4.74 Å². The van der Waals surface area contributed by atoms with Gasteiger partial charge in [0.1, 0.15) is 6.10 Å². The summed E-state index contributed by atoms with van der Waals surface area (Å²) in [7, 11) is 0. The van der Waals surface area contributed by atoms with Crippen molar-refractivity contribution in [3.63, 3.8) is 0 Å². The zero-order valence-corrected chi connectivity index (χ0v) is 7.04. The van der Waals surface area contributed by atoms with Crippen LogP contribution in [0, 0.1) is 5.92 Å². The smallest absolute Gasteiger partial charge is 0.306 e. The SMILES string of the molecule is C/C=C/C1CC(=O)OC1CC. The third-order valence-electron chi connectivity index (χ3n) is 2.00. The van der Waals surface area contributed by atoms with Crippen LogP contribution in [0.1, 0.15) is 26.7 Å². The molecule has 1 fully saturated rings. The lowest BCUT2D eigenvalue weighted by molar-refractivity contribution is -0.141. The lowest BCUT2D eigenvalue weighted by Crippen LogP contribution is -2.12. The first kappa shape index (κ1) is 8.31. The first-order valence-corrected chi connectivity index (χ1v) is 4.10. The summed E-state index contributed by atoms with van der Waals surface area (Å²) >= 11 is 0. The topological polar surface area (TPSA) is 26.3 Å². The van der Waals surface area contributed by atoms with Crippen LogP contribution >= 0.6 is 0 Å². The Hall–Kier alpha value is -0.790. The molecule has 1 heterocycles. The molecule has 1 saturated heterocycles. The van der Waals surface area contributed by atoms with Gasteiger partial charge in [0.05, 0.1) is 6.42 Å².